The van der Waals surface area contributed by atoms with E-state index in [0.717, 1.165) is 28.8 Å². The molecule has 0 radical (unpaired) electrons. The highest BCUT2D eigenvalue weighted by Gasteiger charge is 2.29. The maximum atomic E-state index is 13.3. The summed E-state index contributed by atoms with van der Waals surface area (Å²) < 4.78 is 0. The third-order valence-corrected chi connectivity index (χ3v) is 6.33. The first-order valence-electron chi connectivity index (χ1n) is 11.8. The van der Waals surface area contributed by atoms with Crippen molar-refractivity contribution in [2.75, 3.05) is 4.90 Å². The van der Waals surface area contributed by atoms with E-state index < -0.39 is 0 Å². The number of carbonyl (C=O) groups excluding carboxylic acids is 2. The maximum Gasteiger partial charge on any atom is 0.251 e. The molecule has 1 N–H and O–H groups in total. The van der Waals surface area contributed by atoms with Crippen LogP contribution in [0.3, 0.4) is 0 Å². The van der Waals surface area contributed by atoms with Crippen molar-refractivity contribution in [3.63, 3.8) is 0 Å². The van der Waals surface area contributed by atoms with Crippen molar-refractivity contribution < 1.29 is 9.59 Å². The van der Waals surface area contributed by atoms with E-state index in [9.17, 15) is 9.59 Å². The van der Waals surface area contributed by atoms with Crippen LogP contribution in [0.1, 0.15) is 47.1 Å². The highest BCUT2D eigenvalue weighted by Crippen LogP contribution is 2.37. The Morgan fingerprint density at radius 2 is 1.83 bits per heavy atom. The zero-order valence-electron chi connectivity index (χ0n) is 19.7. The predicted molar refractivity (Wildman–Crippen MR) is 136 cm³/mol. The molecule has 5 rings (SSSR count). The lowest BCUT2D eigenvalue weighted by Crippen LogP contribution is -2.28. The molecule has 0 saturated carbocycles. The summed E-state index contributed by atoms with van der Waals surface area (Å²) in [5.41, 5.74) is 6.77. The smallest absolute Gasteiger partial charge is 0.251 e. The molecule has 1 aromatic heterocycles. The van der Waals surface area contributed by atoms with Gasteiger partial charge in [-0.1, -0.05) is 49.4 Å². The second kappa shape index (κ2) is 9.50. The lowest BCUT2D eigenvalue weighted by molar-refractivity contribution is -0.116. The summed E-state index contributed by atoms with van der Waals surface area (Å²) in [5, 5.41) is 3.01. The van der Waals surface area contributed by atoms with Crippen molar-refractivity contribution in [1.82, 2.24) is 15.3 Å². The molecule has 1 unspecified atom stereocenters. The first kappa shape index (κ1) is 22.5. The normalized spacial score (nSPS) is 13.4. The van der Waals surface area contributed by atoms with Crippen LogP contribution in [-0.4, -0.2) is 21.8 Å². The number of anilines is 2. The van der Waals surface area contributed by atoms with Crippen LogP contribution in [-0.2, 0) is 17.6 Å². The van der Waals surface area contributed by atoms with Crippen LogP contribution in [0.5, 0.6) is 0 Å². The molecule has 0 fully saturated rings. The van der Waals surface area contributed by atoms with Crippen LogP contribution in [0, 0.1) is 0 Å². The second-order valence-corrected chi connectivity index (χ2v) is 8.68. The van der Waals surface area contributed by atoms with Crippen LogP contribution in [0.25, 0.3) is 11.1 Å². The molecule has 4 aromatic rings. The van der Waals surface area contributed by atoms with E-state index in [4.69, 9.17) is 0 Å². The summed E-state index contributed by atoms with van der Waals surface area (Å²) in [6.07, 6.45) is 6.14. The Labute approximate surface area is 204 Å². The average Bonchev–Trinajstić information content (AvgIpc) is 3.24. The van der Waals surface area contributed by atoms with Gasteiger partial charge in [0.15, 0.2) is 0 Å². The van der Waals surface area contributed by atoms with E-state index in [1.807, 2.05) is 43.3 Å². The Morgan fingerprint density at radius 1 is 1.03 bits per heavy atom. The highest BCUT2D eigenvalue weighted by atomic mass is 16.2. The number of nitrogens with one attached hydrogen (secondary N) is 1. The lowest BCUT2D eigenvalue weighted by Gasteiger charge is -2.21. The molecule has 1 atom stereocenters. The Morgan fingerprint density at radius 3 is 2.57 bits per heavy atom. The van der Waals surface area contributed by atoms with Crippen molar-refractivity contribution >= 4 is 23.2 Å². The fourth-order valence-electron chi connectivity index (χ4n) is 4.40. The summed E-state index contributed by atoms with van der Waals surface area (Å²) in [4.78, 5) is 36.5. The largest absolute Gasteiger partial charge is 0.344 e. The molecule has 0 spiro atoms. The van der Waals surface area contributed by atoms with Gasteiger partial charge in [-0.25, -0.2) is 0 Å². The minimum atomic E-state index is -0.318. The molecule has 0 aliphatic carbocycles. The van der Waals surface area contributed by atoms with Crippen LogP contribution >= 0.6 is 0 Å². The lowest BCUT2D eigenvalue weighted by atomic mass is 9.99. The van der Waals surface area contributed by atoms with Gasteiger partial charge in [-0.3, -0.25) is 24.5 Å². The average molecular weight is 463 g/mol. The summed E-state index contributed by atoms with van der Waals surface area (Å²) in [5.74, 6) is -0.250. The SMILES string of the molecule is CCc1ccc(-c2cc(C(=O)NC(C)c3cnccn3)cc(N3C(=O)Cc4ccccc43)c2)cc1. The molecule has 6 nitrogen and oxygen atoms in total. The Balaban J connectivity index is 1.56. The summed E-state index contributed by atoms with van der Waals surface area (Å²) in [7, 11) is 0. The Bertz CT molecular complexity index is 1380. The second-order valence-electron chi connectivity index (χ2n) is 8.68. The van der Waals surface area contributed by atoms with Crippen LogP contribution in [0.15, 0.2) is 85.3 Å². The van der Waals surface area contributed by atoms with Crippen LogP contribution < -0.4 is 10.2 Å². The number of aromatic nitrogens is 2. The van der Waals surface area contributed by atoms with Gasteiger partial charge in [-0.05, 0) is 59.9 Å². The molecule has 1 aliphatic heterocycles. The van der Waals surface area contributed by atoms with Crippen molar-refractivity contribution in [2.24, 2.45) is 0 Å². The monoisotopic (exact) mass is 462 g/mol. The van der Waals surface area contributed by atoms with E-state index in [-0.39, 0.29) is 17.9 Å². The number of aryl methyl sites for hydroxylation is 1. The molecular weight excluding hydrogens is 436 g/mol. The Kier molecular flexibility index (Phi) is 6.10. The van der Waals surface area contributed by atoms with E-state index >= 15 is 0 Å². The summed E-state index contributed by atoms with van der Waals surface area (Å²) >= 11 is 0. The van der Waals surface area contributed by atoms with Gasteiger partial charge in [0.05, 0.1) is 35.7 Å². The molecule has 35 heavy (non-hydrogen) atoms. The molecule has 2 amide bonds. The molecule has 2 heterocycles. The Hall–Kier alpha value is -4.32. The van der Waals surface area contributed by atoms with Crippen molar-refractivity contribution in [2.45, 2.75) is 32.7 Å². The summed E-state index contributed by atoms with van der Waals surface area (Å²) in [6, 6.07) is 21.4. The van der Waals surface area contributed by atoms with E-state index in [2.05, 4.69) is 46.5 Å². The van der Waals surface area contributed by atoms with Crippen molar-refractivity contribution in [3.05, 3.63) is 108 Å². The summed E-state index contributed by atoms with van der Waals surface area (Å²) in [6.45, 7) is 3.99. The van der Waals surface area contributed by atoms with Gasteiger partial charge in [0.25, 0.3) is 5.91 Å². The molecule has 1 aliphatic rings. The minimum Gasteiger partial charge on any atom is -0.344 e. The fraction of sp³-hybridized carbons (Fsp3) is 0.172. The van der Waals surface area contributed by atoms with Gasteiger partial charge < -0.3 is 5.32 Å². The molecule has 0 bridgehead atoms. The number of rotatable bonds is 6. The van der Waals surface area contributed by atoms with E-state index in [1.165, 1.54) is 5.56 Å². The first-order valence-corrected chi connectivity index (χ1v) is 11.8. The zero-order valence-corrected chi connectivity index (χ0v) is 19.7. The predicted octanol–water partition coefficient (Wildman–Crippen LogP) is 5.42. The van der Waals surface area contributed by atoms with Gasteiger partial charge in [0.1, 0.15) is 0 Å². The molecule has 0 saturated heterocycles. The van der Waals surface area contributed by atoms with Crippen LogP contribution in [0.4, 0.5) is 11.4 Å². The number of fused-ring (bicyclic) bond motifs is 1. The third kappa shape index (κ3) is 4.55. The molecule has 6 heteroatoms. The number of para-hydroxylation sites is 1. The molecular formula is C29H26N4O2. The number of nitrogens with zero attached hydrogens (tertiary/aromatic N) is 3. The molecule has 174 valence electrons. The molecule has 3 aromatic carbocycles. The van der Waals surface area contributed by atoms with Crippen molar-refractivity contribution in [1.29, 1.82) is 0 Å². The number of hydrogen-bond donors (Lipinski definition) is 1. The quantitative estimate of drug-likeness (QED) is 0.415. The van der Waals surface area contributed by atoms with Crippen molar-refractivity contribution in [3.8, 4) is 11.1 Å². The number of benzene rings is 3. The van der Waals surface area contributed by atoms with E-state index in [0.29, 0.717) is 23.4 Å². The van der Waals surface area contributed by atoms with Gasteiger partial charge in [0.2, 0.25) is 5.91 Å². The topological polar surface area (TPSA) is 75.2 Å². The van der Waals surface area contributed by atoms with Gasteiger partial charge in [-0.15, -0.1) is 0 Å². The number of amides is 2. The number of hydrogen-bond acceptors (Lipinski definition) is 4. The maximum absolute atomic E-state index is 13.3. The highest BCUT2D eigenvalue weighted by molar-refractivity contribution is 6.08. The van der Waals surface area contributed by atoms with Crippen LogP contribution in [0.2, 0.25) is 0 Å². The van der Waals surface area contributed by atoms with Gasteiger partial charge in [-0.2, -0.15) is 0 Å². The third-order valence-electron chi connectivity index (χ3n) is 6.33. The first-order chi connectivity index (χ1) is 17.0. The standard InChI is InChI=1S/C29H26N4O2/c1-3-20-8-10-21(11-9-20)23-14-24(29(35)32-19(2)26-18-30-12-13-31-26)16-25(15-23)33-27-7-5-4-6-22(27)17-28(33)34/h4-16,18-19H,3,17H2,1-2H3,(H,32,35). The zero-order chi connectivity index (χ0) is 24.4. The van der Waals surface area contributed by atoms with Gasteiger partial charge >= 0.3 is 0 Å². The number of carbonyl (C=O) groups is 2. The van der Waals surface area contributed by atoms with Gasteiger partial charge in [0, 0.05) is 18.0 Å². The van der Waals surface area contributed by atoms with E-state index in [1.54, 1.807) is 29.6 Å². The fourth-order valence-corrected chi connectivity index (χ4v) is 4.40. The minimum absolute atomic E-state index is 0.0102.